The van der Waals surface area contributed by atoms with Gasteiger partial charge in [0.15, 0.2) is 0 Å². The Labute approximate surface area is 141 Å². The van der Waals surface area contributed by atoms with E-state index in [4.69, 9.17) is 0 Å². The first-order chi connectivity index (χ1) is 9.22. The number of fused-ring (bicyclic) bond motifs is 1. The molecule has 1 aliphatic carbocycles. The van der Waals surface area contributed by atoms with Gasteiger partial charge in [-0.1, -0.05) is 54.6 Å². The van der Waals surface area contributed by atoms with Gasteiger partial charge in [-0.05, 0) is 19.4 Å². The first-order valence-electron chi connectivity index (χ1n) is 7.05. The molecule has 102 valence electrons. The molecule has 0 nitrogen and oxygen atoms in total. The number of hydrogen-bond donors (Lipinski definition) is 0. The van der Waals surface area contributed by atoms with Crippen molar-refractivity contribution in [2.24, 2.45) is 0 Å². The van der Waals surface area contributed by atoms with E-state index in [1.165, 1.54) is 42.0 Å². The Kier molecular flexibility index (Phi) is 7.65. The molecule has 0 atom stereocenters. The zero-order valence-electron chi connectivity index (χ0n) is 12.5. The van der Waals surface area contributed by atoms with Gasteiger partial charge in [-0.2, -0.15) is 23.3 Å². The van der Waals surface area contributed by atoms with Gasteiger partial charge in [-0.15, -0.1) is 9.52 Å². The first kappa shape index (κ1) is 17.6. The van der Waals surface area contributed by atoms with Crippen LogP contribution < -0.4 is 5.19 Å². The van der Waals surface area contributed by atoms with Gasteiger partial charge in [0.25, 0.3) is 0 Å². The molecule has 0 saturated heterocycles. The van der Waals surface area contributed by atoms with Gasteiger partial charge in [0.1, 0.15) is 0 Å². The van der Waals surface area contributed by atoms with Crippen LogP contribution in [0.2, 0.25) is 0 Å². The van der Waals surface area contributed by atoms with Gasteiger partial charge >= 0.3 is 21.7 Å². The molecule has 0 N–H and O–H groups in total. The third-order valence-electron chi connectivity index (χ3n) is 3.94. The molecule has 0 bridgehead atoms. The van der Waals surface area contributed by atoms with Crippen LogP contribution in [-0.4, -0.2) is 9.52 Å². The van der Waals surface area contributed by atoms with Crippen LogP contribution in [0.3, 0.4) is 0 Å². The van der Waals surface area contributed by atoms with Gasteiger partial charge in [0.2, 0.25) is 0 Å². The standard InChI is InChI=1S/C9H11Si.C9H11.Ti/c1-7-5-4-6-9(10-3)8(7)2;1-2-5-9-7-3-6-8(9)4-1;/h4-6H,3H2,1-2H3;3,6-7H,1-2,4-5H2;/q2*-1;+2. The molecular weight excluding hydrogens is 292 g/mol. The topological polar surface area (TPSA) is 0 Å². The number of rotatable bonds is 1. The van der Waals surface area contributed by atoms with Crippen LogP contribution in [0.5, 0.6) is 0 Å². The minimum absolute atomic E-state index is 0. The van der Waals surface area contributed by atoms with Crippen LogP contribution in [0, 0.1) is 20.4 Å². The van der Waals surface area contributed by atoms with E-state index in [-0.39, 0.29) is 21.7 Å². The molecule has 1 aliphatic rings. The summed E-state index contributed by atoms with van der Waals surface area (Å²) in [6.07, 6.45) is 5.44. The van der Waals surface area contributed by atoms with Crippen molar-refractivity contribution in [3.05, 3.63) is 65.2 Å². The molecule has 0 heterocycles. The maximum Gasteiger partial charge on any atom is 2.00 e. The van der Waals surface area contributed by atoms with Crippen molar-refractivity contribution in [3.63, 3.8) is 0 Å². The number of benzene rings is 1. The van der Waals surface area contributed by atoms with Crippen LogP contribution in [0.15, 0.2) is 36.4 Å². The van der Waals surface area contributed by atoms with E-state index in [1.807, 2.05) is 0 Å². The fourth-order valence-corrected chi connectivity index (χ4v) is 3.23. The third-order valence-corrected chi connectivity index (χ3v) is 4.87. The molecule has 0 amide bonds. The Morgan fingerprint density at radius 2 is 1.85 bits per heavy atom. The zero-order valence-corrected chi connectivity index (χ0v) is 15.1. The average Bonchev–Trinajstić information content (AvgIpc) is 2.91. The molecule has 0 aliphatic heterocycles. The van der Waals surface area contributed by atoms with Crippen molar-refractivity contribution in [1.29, 1.82) is 0 Å². The predicted octanol–water partition coefficient (Wildman–Crippen LogP) is 3.71. The summed E-state index contributed by atoms with van der Waals surface area (Å²) in [5.41, 5.74) is 5.96. The van der Waals surface area contributed by atoms with Crippen LogP contribution in [0.1, 0.15) is 35.1 Å². The van der Waals surface area contributed by atoms with Crippen LogP contribution >= 0.6 is 0 Å². The van der Waals surface area contributed by atoms with Gasteiger partial charge < -0.3 is 6.55 Å². The van der Waals surface area contributed by atoms with Crippen LogP contribution in [-0.2, 0) is 34.6 Å². The summed E-state index contributed by atoms with van der Waals surface area (Å²) in [5, 5.41) is 1.39. The monoisotopic (exact) mass is 314 g/mol. The number of aryl methyl sites for hydroxylation is 3. The smallest absolute Gasteiger partial charge is 0.345 e. The second-order valence-electron chi connectivity index (χ2n) is 5.21. The van der Waals surface area contributed by atoms with Gasteiger partial charge in [0, 0.05) is 0 Å². The summed E-state index contributed by atoms with van der Waals surface area (Å²) >= 11 is 0. The molecule has 0 aromatic heterocycles. The van der Waals surface area contributed by atoms with Crippen LogP contribution in [0.4, 0.5) is 0 Å². The van der Waals surface area contributed by atoms with E-state index >= 15 is 0 Å². The molecule has 0 unspecified atom stereocenters. The van der Waals surface area contributed by atoms with Crippen molar-refractivity contribution in [3.8, 4) is 0 Å². The van der Waals surface area contributed by atoms with Crippen molar-refractivity contribution in [2.45, 2.75) is 39.5 Å². The molecule has 20 heavy (non-hydrogen) atoms. The third kappa shape index (κ3) is 4.51. The van der Waals surface area contributed by atoms with E-state index in [0.29, 0.717) is 9.52 Å². The predicted molar refractivity (Wildman–Crippen MR) is 85.3 cm³/mol. The van der Waals surface area contributed by atoms with Crippen LogP contribution in [0.25, 0.3) is 0 Å². The molecule has 2 heteroatoms. The Morgan fingerprint density at radius 1 is 1.10 bits per heavy atom. The molecule has 2 aromatic rings. The van der Waals surface area contributed by atoms with Crippen molar-refractivity contribution >= 4 is 14.7 Å². The molecule has 0 fully saturated rings. The van der Waals surface area contributed by atoms with Crippen molar-refractivity contribution in [1.82, 2.24) is 0 Å². The Hall–Kier alpha value is -0.499. The SMILES string of the molecule is [CH2-][Si]c1cccc(C)c1C.[Ti+2].c1cc2c([cH-]1)CCCC2. The summed E-state index contributed by atoms with van der Waals surface area (Å²) < 4.78 is 0. The second kappa shape index (κ2) is 8.71. The Morgan fingerprint density at radius 3 is 2.50 bits per heavy atom. The Balaban J connectivity index is 0.000000191. The van der Waals surface area contributed by atoms with E-state index < -0.39 is 0 Å². The summed E-state index contributed by atoms with van der Waals surface area (Å²) in [7, 11) is 0.675. The normalized spacial score (nSPS) is 12.8. The van der Waals surface area contributed by atoms with Gasteiger partial charge in [0.05, 0.1) is 0 Å². The second-order valence-corrected chi connectivity index (χ2v) is 6.10. The molecule has 0 spiro atoms. The van der Waals surface area contributed by atoms with E-state index in [2.05, 4.69) is 56.8 Å². The molecule has 0 saturated carbocycles. The molecule has 3 rings (SSSR count). The molecule has 2 aromatic carbocycles. The van der Waals surface area contributed by atoms with Gasteiger partial charge in [-0.25, -0.2) is 6.07 Å². The molecule has 2 radical (unpaired) electrons. The van der Waals surface area contributed by atoms with Crippen molar-refractivity contribution in [2.75, 3.05) is 0 Å². The summed E-state index contributed by atoms with van der Waals surface area (Å²) in [5.74, 6) is 0. The summed E-state index contributed by atoms with van der Waals surface area (Å²) in [6.45, 7) is 8.18. The fourth-order valence-electron chi connectivity index (χ4n) is 2.56. The maximum atomic E-state index is 3.89. The number of hydrogen-bond acceptors (Lipinski definition) is 0. The zero-order chi connectivity index (χ0) is 13.7. The quantitative estimate of drug-likeness (QED) is 0.556. The Bertz CT molecular complexity index is 507. The maximum absolute atomic E-state index is 3.89. The fraction of sp³-hybridized carbons (Fsp3) is 0.333. The average molecular weight is 314 g/mol. The van der Waals surface area contributed by atoms with E-state index in [0.717, 1.165) is 0 Å². The van der Waals surface area contributed by atoms with E-state index in [9.17, 15) is 0 Å². The minimum Gasteiger partial charge on any atom is -0.345 e. The van der Waals surface area contributed by atoms with E-state index in [1.54, 1.807) is 11.1 Å². The van der Waals surface area contributed by atoms with Crippen molar-refractivity contribution < 1.29 is 21.7 Å². The minimum atomic E-state index is 0. The molecular formula is C18H22SiTi. The summed E-state index contributed by atoms with van der Waals surface area (Å²) in [6, 6.07) is 13.1. The summed E-state index contributed by atoms with van der Waals surface area (Å²) in [4.78, 5) is 0. The largest absolute Gasteiger partial charge is 2.00 e. The van der Waals surface area contributed by atoms with Gasteiger partial charge in [-0.3, -0.25) is 0 Å². The first-order valence-corrected chi connectivity index (χ1v) is 8.26.